The van der Waals surface area contributed by atoms with Gasteiger partial charge in [-0.2, -0.15) is 0 Å². The van der Waals surface area contributed by atoms with Crippen LogP contribution >= 0.6 is 11.3 Å². The molecule has 0 spiro atoms. The topological polar surface area (TPSA) is 15.3 Å². The molecule has 20 heavy (non-hydrogen) atoms. The molecule has 0 bridgehead atoms. The maximum Gasteiger partial charge on any atom is 0.0327 e. The van der Waals surface area contributed by atoms with Crippen molar-refractivity contribution in [2.75, 3.05) is 20.1 Å². The lowest BCUT2D eigenvalue weighted by Gasteiger charge is -2.42. The molecule has 1 aliphatic rings. The van der Waals surface area contributed by atoms with Crippen LogP contribution in [0.2, 0.25) is 0 Å². The Labute approximate surface area is 128 Å². The molecule has 1 aromatic heterocycles. The number of nitrogens with zero attached hydrogens (tertiary/aromatic N) is 1. The minimum atomic E-state index is 0.514. The van der Waals surface area contributed by atoms with Gasteiger partial charge in [0.1, 0.15) is 0 Å². The molecule has 1 aromatic rings. The van der Waals surface area contributed by atoms with Gasteiger partial charge in [0.15, 0.2) is 0 Å². The zero-order valence-corrected chi connectivity index (χ0v) is 14.3. The third-order valence-electron chi connectivity index (χ3n) is 4.79. The zero-order valence-electron chi connectivity index (χ0n) is 13.5. The Kier molecular flexibility index (Phi) is 5.65. The van der Waals surface area contributed by atoms with E-state index in [4.69, 9.17) is 0 Å². The van der Waals surface area contributed by atoms with Crippen molar-refractivity contribution in [1.82, 2.24) is 10.2 Å². The summed E-state index contributed by atoms with van der Waals surface area (Å²) in [4.78, 5) is 4.10. The molecule has 1 saturated carbocycles. The van der Waals surface area contributed by atoms with Gasteiger partial charge in [0.2, 0.25) is 0 Å². The van der Waals surface area contributed by atoms with Gasteiger partial charge in [-0.05, 0) is 55.6 Å². The van der Waals surface area contributed by atoms with Gasteiger partial charge in [-0.15, -0.1) is 11.3 Å². The molecule has 3 heteroatoms. The average molecular weight is 295 g/mol. The van der Waals surface area contributed by atoms with Crippen LogP contribution in [0, 0.1) is 11.3 Å². The Balaban J connectivity index is 1.96. The van der Waals surface area contributed by atoms with Gasteiger partial charge in [0.25, 0.3) is 0 Å². The third kappa shape index (κ3) is 4.31. The number of nitrogens with one attached hydrogen (secondary N) is 1. The van der Waals surface area contributed by atoms with Gasteiger partial charge in [-0.25, -0.2) is 0 Å². The number of rotatable bonds is 6. The van der Waals surface area contributed by atoms with Crippen LogP contribution in [-0.4, -0.2) is 31.1 Å². The smallest absolute Gasteiger partial charge is 0.0327 e. The second-order valence-electron chi connectivity index (χ2n) is 6.97. The monoisotopic (exact) mass is 294 g/mol. The SMILES string of the molecule is CCN(Cc1cccs1)CC1CC(C)(C)CCC1NC. The van der Waals surface area contributed by atoms with Crippen molar-refractivity contribution in [2.24, 2.45) is 11.3 Å². The van der Waals surface area contributed by atoms with E-state index in [2.05, 4.69) is 55.5 Å². The number of hydrogen-bond acceptors (Lipinski definition) is 3. The normalized spacial score (nSPS) is 26.1. The van der Waals surface area contributed by atoms with Gasteiger partial charge >= 0.3 is 0 Å². The highest BCUT2D eigenvalue weighted by atomic mass is 32.1. The molecule has 1 heterocycles. The first-order chi connectivity index (χ1) is 9.54. The largest absolute Gasteiger partial charge is 0.317 e. The molecule has 0 amide bonds. The molecule has 0 aromatic carbocycles. The van der Waals surface area contributed by atoms with E-state index in [1.807, 2.05) is 11.3 Å². The van der Waals surface area contributed by atoms with Crippen LogP contribution in [0.5, 0.6) is 0 Å². The fourth-order valence-corrected chi connectivity index (χ4v) is 4.31. The van der Waals surface area contributed by atoms with Crippen LogP contribution in [0.1, 0.15) is 44.9 Å². The van der Waals surface area contributed by atoms with Crippen molar-refractivity contribution < 1.29 is 0 Å². The van der Waals surface area contributed by atoms with Crippen LogP contribution in [0.15, 0.2) is 17.5 Å². The molecule has 2 rings (SSSR count). The lowest BCUT2D eigenvalue weighted by molar-refractivity contribution is 0.103. The number of hydrogen-bond donors (Lipinski definition) is 1. The highest BCUT2D eigenvalue weighted by Gasteiger charge is 2.34. The quantitative estimate of drug-likeness (QED) is 0.853. The van der Waals surface area contributed by atoms with Crippen molar-refractivity contribution in [3.05, 3.63) is 22.4 Å². The highest BCUT2D eigenvalue weighted by molar-refractivity contribution is 7.09. The summed E-state index contributed by atoms with van der Waals surface area (Å²) < 4.78 is 0. The summed E-state index contributed by atoms with van der Waals surface area (Å²) in [5, 5.41) is 5.74. The summed E-state index contributed by atoms with van der Waals surface area (Å²) in [6.07, 6.45) is 4.02. The first-order valence-electron chi connectivity index (χ1n) is 7.96. The van der Waals surface area contributed by atoms with Crippen LogP contribution in [0.25, 0.3) is 0 Å². The number of thiophene rings is 1. The van der Waals surface area contributed by atoms with Crippen LogP contribution in [-0.2, 0) is 6.54 Å². The first kappa shape index (κ1) is 16.0. The molecule has 0 radical (unpaired) electrons. The zero-order chi connectivity index (χ0) is 14.6. The molecule has 0 saturated heterocycles. The molecular formula is C17H30N2S. The fraction of sp³-hybridized carbons (Fsp3) is 0.765. The second-order valence-corrected chi connectivity index (χ2v) is 8.00. The fourth-order valence-electron chi connectivity index (χ4n) is 3.57. The second kappa shape index (κ2) is 7.06. The predicted octanol–water partition coefficient (Wildman–Crippen LogP) is 3.98. The van der Waals surface area contributed by atoms with E-state index >= 15 is 0 Å². The Morgan fingerprint density at radius 2 is 2.25 bits per heavy atom. The summed E-state index contributed by atoms with van der Waals surface area (Å²) in [5.41, 5.74) is 0.514. The summed E-state index contributed by atoms with van der Waals surface area (Å²) in [6, 6.07) is 5.11. The van der Waals surface area contributed by atoms with Gasteiger partial charge in [-0.3, -0.25) is 4.90 Å². The molecule has 2 nitrogen and oxygen atoms in total. The molecule has 114 valence electrons. The van der Waals surface area contributed by atoms with Gasteiger partial charge in [0, 0.05) is 24.0 Å². The van der Waals surface area contributed by atoms with E-state index in [0.717, 1.165) is 19.0 Å². The van der Waals surface area contributed by atoms with Crippen LogP contribution in [0.3, 0.4) is 0 Å². The van der Waals surface area contributed by atoms with Crippen LogP contribution < -0.4 is 5.32 Å². The Morgan fingerprint density at radius 3 is 2.85 bits per heavy atom. The minimum Gasteiger partial charge on any atom is -0.317 e. The van der Waals surface area contributed by atoms with Crippen molar-refractivity contribution in [1.29, 1.82) is 0 Å². The highest BCUT2D eigenvalue weighted by Crippen LogP contribution is 2.39. The van der Waals surface area contributed by atoms with Crippen LogP contribution in [0.4, 0.5) is 0 Å². The standard InChI is InChI=1S/C17H30N2S/c1-5-19(13-15-7-6-10-20-15)12-14-11-17(2,3)9-8-16(14)18-4/h6-7,10,14,16,18H,5,8-9,11-13H2,1-4H3. The summed E-state index contributed by atoms with van der Waals surface area (Å²) >= 11 is 1.88. The van der Waals surface area contributed by atoms with E-state index in [1.54, 1.807) is 0 Å². The van der Waals surface area contributed by atoms with Gasteiger partial charge in [-0.1, -0.05) is 26.8 Å². The molecule has 1 N–H and O–H groups in total. The Hall–Kier alpha value is -0.380. The Bertz CT molecular complexity index is 386. The molecule has 1 aliphatic carbocycles. The van der Waals surface area contributed by atoms with Crippen molar-refractivity contribution >= 4 is 11.3 Å². The van der Waals surface area contributed by atoms with Gasteiger partial charge in [0.05, 0.1) is 0 Å². The molecule has 0 aliphatic heterocycles. The van der Waals surface area contributed by atoms with Crippen molar-refractivity contribution in [2.45, 2.75) is 52.6 Å². The first-order valence-corrected chi connectivity index (χ1v) is 8.84. The summed E-state index contributed by atoms with van der Waals surface area (Å²) in [5.74, 6) is 0.781. The lowest BCUT2D eigenvalue weighted by Crippen LogP contribution is -2.46. The van der Waals surface area contributed by atoms with E-state index in [1.165, 1.54) is 30.7 Å². The van der Waals surface area contributed by atoms with Crippen molar-refractivity contribution in [3.63, 3.8) is 0 Å². The van der Waals surface area contributed by atoms with E-state index in [9.17, 15) is 0 Å². The average Bonchev–Trinajstić information content (AvgIpc) is 2.90. The molecule has 1 fully saturated rings. The molecule has 2 atom stereocenters. The van der Waals surface area contributed by atoms with Gasteiger partial charge < -0.3 is 5.32 Å². The Morgan fingerprint density at radius 1 is 1.45 bits per heavy atom. The van der Waals surface area contributed by atoms with E-state index in [0.29, 0.717) is 11.5 Å². The predicted molar refractivity (Wildman–Crippen MR) is 89.2 cm³/mol. The van der Waals surface area contributed by atoms with E-state index < -0.39 is 0 Å². The summed E-state index contributed by atoms with van der Waals surface area (Å²) in [7, 11) is 2.13. The van der Waals surface area contributed by atoms with E-state index in [-0.39, 0.29) is 0 Å². The molecule has 2 unspecified atom stereocenters. The maximum atomic E-state index is 3.56. The molecular weight excluding hydrogens is 264 g/mol. The van der Waals surface area contributed by atoms with Crippen molar-refractivity contribution in [3.8, 4) is 0 Å². The minimum absolute atomic E-state index is 0.514. The maximum absolute atomic E-state index is 3.56. The lowest BCUT2D eigenvalue weighted by atomic mass is 9.69. The summed E-state index contributed by atoms with van der Waals surface area (Å²) in [6.45, 7) is 10.6. The third-order valence-corrected chi connectivity index (χ3v) is 5.65.